The van der Waals surface area contributed by atoms with Gasteiger partial charge in [-0.3, -0.25) is 0 Å². The fourth-order valence-electron chi connectivity index (χ4n) is 3.85. The van der Waals surface area contributed by atoms with E-state index in [0.717, 1.165) is 37.8 Å². The summed E-state index contributed by atoms with van der Waals surface area (Å²) in [5, 5.41) is 0. The summed E-state index contributed by atoms with van der Waals surface area (Å²) >= 11 is 0. The number of rotatable bonds is 5. The third-order valence-electron chi connectivity index (χ3n) is 5.35. The van der Waals surface area contributed by atoms with Crippen LogP contribution >= 0.6 is 0 Å². The molecule has 0 bridgehead atoms. The molecule has 128 valence electrons. The Morgan fingerprint density at radius 2 is 1.96 bits per heavy atom. The van der Waals surface area contributed by atoms with E-state index in [0.29, 0.717) is 11.8 Å². The van der Waals surface area contributed by atoms with Gasteiger partial charge < -0.3 is 14.2 Å². The lowest BCUT2D eigenvalue weighted by Gasteiger charge is -2.34. The van der Waals surface area contributed by atoms with Crippen molar-refractivity contribution in [1.29, 1.82) is 0 Å². The summed E-state index contributed by atoms with van der Waals surface area (Å²) in [6, 6.07) is 0. The molecule has 2 aromatic heterocycles. The average Bonchev–Trinajstić information content (AvgIpc) is 3.06. The van der Waals surface area contributed by atoms with Crippen molar-refractivity contribution in [2.45, 2.75) is 44.6 Å². The van der Waals surface area contributed by atoms with Crippen LogP contribution in [0.15, 0.2) is 24.8 Å². The molecule has 0 N–H and O–H groups in total. The molecule has 2 fully saturated rings. The number of hydrogen-bond acceptors (Lipinski definition) is 5. The van der Waals surface area contributed by atoms with Gasteiger partial charge in [0.15, 0.2) is 5.82 Å². The highest BCUT2D eigenvalue weighted by molar-refractivity contribution is 5.48. The first-order valence-electron chi connectivity index (χ1n) is 8.96. The van der Waals surface area contributed by atoms with Gasteiger partial charge in [0.1, 0.15) is 5.82 Å². The molecular formula is C18H25N5O. The minimum atomic E-state index is 0.445. The van der Waals surface area contributed by atoms with Gasteiger partial charge in [0.2, 0.25) is 0 Å². The number of methoxy groups -OCH3 is 1. The first-order valence-corrected chi connectivity index (χ1v) is 8.96. The Balaban J connectivity index is 1.52. The summed E-state index contributed by atoms with van der Waals surface area (Å²) < 4.78 is 7.77. The average molecular weight is 327 g/mol. The first-order chi connectivity index (χ1) is 11.8. The molecule has 1 saturated carbocycles. The van der Waals surface area contributed by atoms with Gasteiger partial charge in [-0.2, -0.15) is 0 Å². The van der Waals surface area contributed by atoms with Crippen molar-refractivity contribution in [2.75, 3.05) is 25.1 Å². The molecular weight excluding hydrogens is 302 g/mol. The molecule has 1 aliphatic heterocycles. The summed E-state index contributed by atoms with van der Waals surface area (Å²) in [6.45, 7) is 3.05. The van der Waals surface area contributed by atoms with E-state index in [1.54, 1.807) is 19.5 Å². The van der Waals surface area contributed by atoms with Crippen LogP contribution in [0.3, 0.4) is 0 Å². The molecule has 4 rings (SSSR count). The van der Waals surface area contributed by atoms with Crippen molar-refractivity contribution in [2.24, 2.45) is 5.92 Å². The van der Waals surface area contributed by atoms with Crippen LogP contribution in [0.25, 0.3) is 0 Å². The highest BCUT2D eigenvalue weighted by atomic mass is 16.5. The summed E-state index contributed by atoms with van der Waals surface area (Å²) in [4.78, 5) is 15.8. The minimum Gasteiger partial charge on any atom is -0.478 e. The van der Waals surface area contributed by atoms with Crippen LogP contribution in [0.2, 0.25) is 0 Å². The lowest BCUT2D eigenvalue weighted by Crippen LogP contribution is -2.36. The van der Waals surface area contributed by atoms with E-state index < -0.39 is 0 Å². The van der Waals surface area contributed by atoms with E-state index in [1.165, 1.54) is 31.5 Å². The van der Waals surface area contributed by atoms with Crippen molar-refractivity contribution >= 4 is 5.82 Å². The molecule has 2 aromatic rings. The predicted octanol–water partition coefficient (Wildman–Crippen LogP) is 2.87. The van der Waals surface area contributed by atoms with Gasteiger partial charge in [-0.05, 0) is 31.6 Å². The maximum absolute atomic E-state index is 5.39. The fourth-order valence-corrected chi connectivity index (χ4v) is 3.85. The zero-order valence-corrected chi connectivity index (χ0v) is 14.3. The molecule has 6 heteroatoms. The van der Waals surface area contributed by atoms with Crippen LogP contribution < -0.4 is 9.64 Å². The van der Waals surface area contributed by atoms with E-state index in [9.17, 15) is 0 Å². The number of ether oxygens (including phenoxy) is 1. The summed E-state index contributed by atoms with van der Waals surface area (Å²) in [7, 11) is 1.65. The van der Waals surface area contributed by atoms with Crippen molar-refractivity contribution < 1.29 is 4.74 Å². The molecule has 3 heterocycles. The van der Waals surface area contributed by atoms with E-state index in [-0.39, 0.29) is 0 Å². The lowest BCUT2D eigenvalue weighted by atomic mass is 9.85. The highest BCUT2D eigenvalue weighted by Crippen LogP contribution is 2.33. The summed E-state index contributed by atoms with van der Waals surface area (Å²) in [5.41, 5.74) is 0. The molecule has 1 atom stereocenters. The van der Waals surface area contributed by atoms with Gasteiger partial charge in [-0.1, -0.05) is 6.42 Å². The second kappa shape index (κ2) is 6.79. The smallest absolute Gasteiger partial charge is 0.257 e. The van der Waals surface area contributed by atoms with Gasteiger partial charge in [-0.25, -0.2) is 15.0 Å². The van der Waals surface area contributed by atoms with E-state index >= 15 is 0 Å². The van der Waals surface area contributed by atoms with Crippen molar-refractivity contribution in [1.82, 2.24) is 19.5 Å². The Morgan fingerprint density at radius 3 is 2.75 bits per heavy atom. The van der Waals surface area contributed by atoms with Crippen LogP contribution in [0.5, 0.6) is 5.88 Å². The molecule has 0 amide bonds. The lowest BCUT2D eigenvalue weighted by molar-refractivity contribution is 0.270. The van der Waals surface area contributed by atoms with Gasteiger partial charge in [0.05, 0.1) is 7.11 Å². The van der Waals surface area contributed by atoms with E-state index in [2.05, 4.69) is 25.6 Å². The third kappa shape index (κ3) is 2.97. The van der Waals surface area contributed by atoms with Crippen LogP contribution in [0, 0.1) is 5.92 Å². The molecule has 2 aliphatic rings. The molecule has 0 unspecified atom stereocenters. The van der Waals surface area contributed by atoms with Gasteiger partial charge in [0.25, 0.3) is 5.88 Å². The Hall–Kier alpha value is -2.11. The SMILES string of the molecule is COc1nccnc1N1CCC[C@@H](c2nccn2CC2CCC2)C1. The number of nitrogens with zero attached hydrogens (tertiary/aromatic N) is 5. The predicted molar refractivity (Wildman–Crippen MR) is 92.3 cm³/mol. The number of aromatic nitrogens is 4. The first kappa shape index (κ1) is 15.4. The normalized spacial score (nSPS) is 21.5. The largest absolute Gasteiger partial charge is 0.478 e. The van der Waals surface area contributed by atoms with Crippen LogP contribution in [0.4, 0.5) is 5.82 Å². The second-order valence-corrected chi connectivity index (χ2v) is 6.91. The molecule has 6 nitrogen and oxygen atoms in total. The molecule has 1 saturated heterocycles. The number of piperidine rings is 1. The fraction of sp³-hybridized carbons (Fsp3) is 0.611. The third-order valence-corrected chi connectivity index (χ3v) is 5.35. The number of anilines is 1. The van der Waals surface area contributed by atoms with Crippen LogP contribution in [-0.4, -0.2) is 39.7 Å². The summed E-state index contributed by atoms with van der Waals surface area (Å²) in [6.07, 6.45) is 14.0. The molecule has 0 radical (unpaired) electrons. The van der Waals surface area contributed by atoms with Crippen LogP contribution in [-0.2, 0) is 6.54 Å². The zero-order valence-electron chi connectivity index (χ0n) is 14.3. The van der Waals surface area contributed by atoms with Crippen molar-refractivity contribution in [3.63, 3.8) is 0 Å². The maximum atomic E-state index is 5.39. The standard InChI is InChI=1S/C18H25N5O/c1-24-18-17(19-7-8-21-18)22-10-3-6-15(13-22)16-20-9-11-23(16)12-14-4-2-5-14/h7-9,11,14-15H,2-6,10,12-13H2,1H3/t15-/m1/s1. The van der Waals surface area contributed by atoms with Gasteiger partial charge in [0, 0.05) is 50.3 Å². The molecule has 0 spiro atoms. The Morgan fingerprint density at radius 1 is 1.08 bits per heavy atom. The summed E-state index contributed by atoms with van der Waals surface area (Å²) in [5.74, 6) is 3.98. The quantitative estimate of drug-likeness (QED) is 0.845. The van der Waals surface area contributed by atoms with Gasteiger partial charge >= 0.3 is 0 Å². The monoisotopic (exact) mass is 327 g/mol. The zero-order chi connectivity index (χ0) is 16.4. The Bertz CT molecular complexity index is 682. The van der Waals surface area contributed by atoms with Crippen molar-refractivity contribution in [3.8, 4) is 5.88 Å². The number of imidazole rings is 1. The van der Waals surface area contributed by atoms with Crippen LogP contribution in [0.1, 0.15) is 43.8 Å². The number of hydrogen-bond donors (Lipinski definition) is 0. The van der Waals surface area contributed by atoms with E-state index in [1.807, 2.05) is 6.20 Å². The Kier molecular flexibility index (Phi) is 4.36. The van der Waals surface area contributed by atoms with E-state index in [4.69, 9.17) is 9.72 Å². The maximum Gasteiger partial charge on any atom is 0.257 e. The molecule has 0 aromatic carbocycles. The molecule has 24 heavy (non-hydrogen) atoms. The minimum absolute atomic E-state index is 0.445. The highest BCUT2D eigenvalue weighted by Gasteiger charge is 2.28. The Labute approximate surface area is 142 Å². The van der Waals surface area contributed by atoms with Crippen molar-refractivity contribution in [3.05, 3.63) is 30.6 Å². The second-order valence-electron chi connectivity index (χ2n) is 6.91. The topological polar surface area (TPSA) is 56.1 Å². The molecule has 1 aliphatic carbocycles. The van der Waals surface area contributed by atoms with Gasteiger partial charge in [-0.15, -0.1) is 0 Å².